The molecule has 20 heavy (non-hydrogen) atoms. The summed E-state index contributed by atoms with van der Waals surface area (Å²) in [5.74, 6) is 0.106. The molecule has 0 aromatic carbocycles. The van der Waals surface area contributed by atoms with E-state index >= 15 is 0 Å². The van der Waals surface area contributed by atoms with E-state index in [1.807, 2.05) is 0 Å². The first-order chi connectivity index (χ1) is 9.27. The molecule has 1 aromatic heterocycles. The van der Waals surface area contributed by atoms with Gasteiger partial charge in [0.15, 0.2) is 0 Å². The number of alkyl halides is 3. The van der Waals surface area contributed by atoms with Crippen LogP contribution in [0, 0.1) is 0 Å². The molecule has 2 heterocycles. The Morgan fingerprint density at radius 3 is 2.35 bits per heavy atom. The Bertz CT molecular complexity index is 516. The van der Waals surface area contributed by atoms with Crippen LogP contribution in [-0.4, -0.2) is 47.3 Å². The van der Waals surface area contributed by atoms with E-state index in [0.717, 1.165) is 12.1 Å². The van der Waals surface area contributed by atoms with E-state index in [1.165, 1.54) is 4.90 Å². The van der Waals surface area contributed by atoms with Crippen LogP contribution in [-0.2, 0) is 6.18 Å². The predicted molar refractivity (Wildman–Crippen MR) is 66.1 cm³/mol. The average Bonchev–Trinajstić information content (AvgIpc) is 2.37. The molecule has 0 saturated carbocycles. The third-order valence-electron chi connectivity index (χ3n) is 2.98. The van der Waals surface area contributed by atoms with Crippen LogP contribution in [0.1, 0.15) is 5.56 Å². The van der Waals surface area contributed by atoms with E-state index in [2.05, 4.69) is 4.98 Å². The molecule has 1 aliphatic heterocycles. The third kappa shape index (κ3) is 3.24. The maximum atomic E-state index is 12.7. The molecule has 1 amide bonds. The molecule has 0 spiro atoms. The van der Waals surface area contributed by atoms with E-state index in [1.54, 1.807) is 4.90 Å². The van der Waals surface area contributed by atoms with Crippen LogP contribution in [0.4, 0.5) is 23.8 Å². The van der Waals surface area contributed by atoms with Crippen LogP contribution in [0.5, 0.6) is 0 Å². The zero-order valence-electron chi connectivity index (χ0n) is 10.2. The first-order valence-electron chi connectivity index (χ1n) is 5.75. The second kappa shape index (κ2) is 5.35. The van der Waals surface area contributed by atoms with E-state index in [0.29, 0.717) is 0 Å². The Kier molecular flexibility index (Phi) is 3.94. The van der Waals surface area contributed by atoms with Crippen LogP contribution in [0.2, 0.25) is 5.15 Å². The first kappa shape index (κ1) is 14.7. The van der Waals surface area contributed by atoms with Crippen molar-refractivity contribution >= 4 is 23.5 Å². The maximum absolute atomic E-state index is 12.7. The molecule has 0 atom stereocenters. The van der Waals surface area contributed by atoms with Gasteiger partial charge in [0, 0.05) is 26.2 Å². The van der Waals surface area contributed by atoms with Gasteiger partial charge in [-0.3, -0.25) is 0 Å². The third-order valence-corrected chi connectivity index (χ3v) is 3.18. The summed E-state index contributed by atoms with van der Waals surface area (Å²) in [6, 6.07) is 1.68. The number of halogens is 4. The lowest BCUT2D eigenvalue weighted by Gasteiger charge is -2.34. The monoisotopic (exact) mass is 309 g/mol. The van der Waals surface area contributed by atoms with Crippen LogP contribution in [0.15, 0.2) is 12.1 Å². The lowest BCUT2D eigenvalue weighted by Crippen LogP contribution is -2.48. The van der Waals surface area contributed by atoms with E-state index in [9.17, 15) is 18.0 Å². The van der Waals surface area contributed by atoms with Gasteiger partial charge in [-0.2, -0.15) is 13.2 Å². The van der Waals surface area contributed by atoms with Crippen LogP contribution in [0.3, 0.4) is 0 Å². The normalized spacial score (nSPS) is 16.4. The van der Waals surface area contributed by atoms with Crippen molar-refractivity contribution < 1.29 is 23.1 Å². The molecule has 110 valence electrons. The number of carbonyl (C=O) groups is 1. The van der Waals surface area contributed by atoms with Crippen molar-refractivity contribution in [3.05, 3.63) is 22.8 Å². The van der Waals surface area contributed by atoms with Crippen molar-refractivity contribution in [3.63, 3.8) is 0 Å². The fraction of sp³-hybridized carbons (Fsp3) is 0.455. The second-order valence-corrected chi connectivity index (χ2v) is 4.68. The summed E-state index contributed by atoms with van der Waals surface area (Å²) in [5, 5.41) is 8.57. The Balaban J connectivity index is 2.18. The van der Waals surface area contributed by atoms with Crippen molar-refractivity contribution in [1.29, 1.82) is 0 Å². The number of pyridine rings is 1. The lowest BCUT2D eigenvalue weighted by atomic mass is 10.2. The van der Waals surface area contributed by atoms with Gasteiger partial charge in [0.2, 0.25) is 0 Å². The summed E-state index contributed by atoms with van der Waals surface area (Å²) < 4.78 is 38.1. The predicted octanol–water partition coefficient (Wildman–Crippen LogP) is 2.55. The molecule has 1 aromatic rings. The SMILES string of the molecule is O=C(O)N1CCN(c2cc(C(F)(F)F)cc(Cl)n2)CC1. The summed E-state index contributed by atoms with van der Waals surface area (Å²) in [5.41, 5.74) is -0.867. The Labute approximate surface area is 117 Å². The first-order valence-corrected chi connectivity index (χ1v) is 6.13. The van der Waals surface area contributed by atoms with Gasteiger partial charge in [-0.25, -0.2) is 9.78 Å². The molecule has 0 unspecified atom stereocenters. The number of anilines is 1. The molecule has 1 saturated heterocycles. The van der Waals surface area contributed by atoms with E-state index in [-0.39, 0.29) is 37.1 Å². The second-order valence-electron chi connectivity index (χ2n) is 4.29. The number of rotatable bonds is 1. The highest BCUT2D eigenvalue weighted by atomic mass is 35.5. The van der Waals surface area contributed by atoms with Gasteiger partial charge in [-0.1, -0.05) is 11.6 Å². The minimum atomic E-state index is -4.50. The Hall–Kier alpha value is -1.70. The summed E-state index contributed by atoms with van der Waals surface area (Å²) in [4.78, 5) is 17.4. The molecular weight excluding hydrogens is 299 g/mol. The molecular formula is C11H11ClF3N3O2. The van der Waals surface area contributed by atoms with Gasteiger partial charge in [0.1, 0.15) is 11.0 Å². The lowest BCUT2D eigenvalue weighted by molar-refractivity contribution is -0.137. The summed E-state index contributed by atoms with van der Waals surface area (Å²) >= 11 is 5.61. The molecule has 1 fully saturated rings. The Morgan fingerprint density at radius 2 is 1.85 bits per heavy atom. The molecule has 0 aliphatic carbocycles. The fourth-order valence-electron chi connectivity index (χ4n) is 1.94. The number of carboxylic acid groups (broad SMARTS) is 1. The standard InChI is InChI=1S/C11H11ClF3N3O2/c12-8-5-7(11(13,14)15)6-9(16-8)17-1-3-18(4-2-17)10(19)20/h5-6H,1-4H2,(H,19,20). The highest BCUT2D eigenvalue weighted by molar-refractivity contribution is 6.29. The molecule has 1 aliphatic rings. The van der Waals surface area contributed by atoms with Crippen molar-refractivity contribution in [3.8, 4) is 0 Å². The van der Waals surface area contributed by atoms with Crippen LogP contribution < -0.4 is 4.90 Å². The van der Waals surface area contributed by atoms with Crippen molar-refractivity contribution in [2.45, 2.75) is 6.18 Å². The molecule has 0 bridgehead atoms. The van der Waals surface area contributed by atoms with Gasteiger partial charge in [-0.05, 0) is 12.1 Å². The number of aromatic nitrogens is 1. The minimum Gasteiger partial charge on any atom is -0.465 e. The summed E-state index contributed by atoms with van der Waals surface area (Å²) in [6.45, 7) is 0.976. The highest BCUT2D eigenvalue weighted by Gasteiger charge is 2.32. The van der Waals surface area contributed by atoms with Crippen molar-refractivity contribution in [2.75, 3.05) is 31.1 Å². The zero-order chi connectivity index (χ0) is 14.9. The largest absolute Gasteiger partial charge is 0.465 e. The quantitative estimate of drug-likeness (QED) is 0.810. The van der Waals surface area contributed by atoms with Gasteiger partial charge in [-0.15, -0.1) is 0 Å². The number of amides is 1. The van der Waals surface area contributed by atoms with E-state index in [4.69, 9.17) is 16.7 Å². The summed E-state index contributed by atoms with van der Waals surface area (Å²) in [6.07, 6.45) is -5.54. The topological polar surface area (TPSA) is 56.7 Å². The maximum Gasteiger partial charge on any atom is 0.416 e. The average molecular weight is 310 g/mol. The van der Waals surface area contributed by atoms with Gasteiger partial charge < -0.3 is 14.9 Å². The number of nitrogens with zero attached hydrogens (tertiary/aromatic N) is 3. The number of piperazine rings is 1. The molecule has 2 rings (SSSR count). The van der Waals surface area contributed by atoms with Crippen LogP contribution >= 0.6 is 11.6 Å². The molecule has 5 nitrogen and oxygen atoms in total. The molecule has 1 N–H and O–H groups in total. The Morgan fingerprint density at radius 1 is 1.25 bits per heavy atom. The van der Waals surface area contributed by atoms with E-state index < -0.39 is 17.8 Å². The molecule has 9 heteroatoms. The minimum absolute atomic E-state index is 0.106. The van der Waals surface area contributed by atoms with Gasteiger partial charge in [0.25, 0.3) is 0 Å². The molecule has 0 radical (unpaired) electrons. The van der Waals surface area contributed by atoms with Gasteiger partial charge in [0.05, 0.1) is 5.56 Å². The fourth-order valence-corrected chi connectivity index (χ4v) is 2.14. The number of hydrogen-bond acceptors (Lipinski definition) is 3. The van der Waals surface area contributed by atoms with Crippen molar-refractivity contribution in [2.24, 2.45) is 0 Å². The van der Waals surface area contributed by atoms with Gasteiger partial charge >= 0.3 is 12.3 Å². The summed E-state index contributed by atoms with van der Waals surface area (Å²) in [7, 11) is 0. The van der Waals surface area contributed by atoms with Crippen LogP contribution in [0.25, 0.3) is 0 Å². The zero-order valence-corrected chi connectivity index (χ0v) is 10.9. The number of hydrogen-bond donors (Lipinski definition) is 1. The van der Waals surface area contributed by atoms with Crippen molar-refractivity contribution in [1.82, 2.24) is 9.88 Å². The highest BCUT2D eigenvalue weighted by Crippen LogP contribution is 2.32. The smallest absolute Gasteiger partial charge is 0.416 e.